The van der Waals surface area contributed by atoms with Gasteiger partial charge < -0.3 is 18.9 Å². The molecule has 2 aliphatic heterocycles. The van der Waals surface area contributed by atoms with Gasteiger partial charge in [-0.05, 0) is 23.8 Å². The maximum atomic E-state index is 12.6. The van der Waals surface area contributed by atoms with Crippen LogP contribution >= 0.6 is 0 Å². The third-order valence-corrected chi connectivity index (χ3v) is 4.83. The van der Waals surface area contributed by atoms with Gasteiger partial charge in [-0.1, -0.05) is 35.5 Å². The highest BCUT2D eigenvalue weighted by Gasteiger charge is 2.33. The largest absolute Gasteiger partial charge is 0.454 e. The summed E-state index contributed by atoms with van der Waals surface area (Å²) in [5.74, 6) is 2.19. The predicted octanol–water partition coefficient (Wildman–Crippen LogP) is 3.31. The van der Waals surface area contributed by atoms with Crippen LogP contribution < -0.4 is 9.47 Å². The maximum Gasteiger partial charge on any atom is 0.276 e. The number of benzene rings is 2. The Morgan fingerprint density at radius 3 is 2.65 bits per heavy atom. The summed E-state index contributed by atoms with van der Waals surface area (Å²) in [6, 6.07) is 17.4. The minimum absolute atomic E-state index is 0.104. The second kappa shape index (κ2) is 5.91. The molecule has 2 aromatic carbocycles. The molecule has 130 valence electrons. The third kappa shape index (κ3) is 2.50. The Morgan fingerprint density at radius 2 is 1.81 bits per heavy atom. The van der Waals surface area contributed by atoms with Crippen molar-refractivity contribution in [2.24, 2.45) is 0 Å². The Bertz CT molecular complexity index is 961. The molecule has 1 fully saturated rings. The van der Waals surface area contributed by atoms with Crippen LogP contribution in [-0.2, 0) is 0 Å². The molecule has 26 heavy (non-hydrogen) atoms. The van der Waals surface area contributed by atoms with Crippen molar-refractivity contribution in [3.63, 3.8) is 0 Å². The lowest BCUT2D eigenvalue weighted by molar-refractivity contribution is 0.0591. The number of hydrogen-bond donors (Lipinski definition) is 0. The number of nitrogens with zero attached hydrogens (tertiary/aromatic N) is 2. The summed E-state index contributed by atoms with van der Waals surface area (Å²) >= 11 is 0. The van der Waals surface area contributed by atoms with Crippen molar-refractivity contribution in [2.45, 2.75) is 5.92 Å². The lowest BCUT2D eigenvalue weighted by Crippen LogP contribution is -2.48. The van der Waals surface area contributed by atoms with Gasteiger partial charge in [0, 0.05) is 30.6 Å². The summed E-state index contributed by atoms with van der Waals surface area (Å²) in [5, 5.41) is 3.95. The Labute approximate surface area is 149 Å². The van der Waals surface area contributed by atoms with E-state index in [1.54, 1.807) is 11.0 Å². The van der Waals surface area contributed by atoms with Crippen molar-refractivity contribution in [2.75, 3.05) is 19.9 Å². The van der Waals surface area contributed by atoms with Gasteiger partial charge in [-0.2, -0.15) is 0 Å². The molecule has 3 heterocycles. The van der Waals surface area contributed by atoms with E-state index in [4.69, 9.17) is 14.0 Å². The average Bonchev–Trinajstić information content (AvgIpc) is 3.30. The van der Waals surface area contributed by atoms with Crippen molar-refractivity contribution in [3.05, 3.63) is 65.9 Å². The molecule has 1 aromatic heterocycles. The average molecular weight is 348 g/mol. The number of aromatic nitrogens is 1. The molecule has 0 spiro atoms. The first kappa shape index (κ1) is 15.0. The van der Waals surface area contributed by atoms with Crippen LogP contribution in [0.2, 0.25) is 0 Å². The Balaban J connectivity index is 1.29. The number of carbonyl (C=O) groups excluding carboxylic acids is 1. The standard InChI is InChI=1S/C20H16N2O4/c23-20(22-10-15(11-22)13-4-2-1-3-5-13)16-9-18(26-21-16)14-6-7-17-19(8-14)25-12-24-17/h1-9,15H,10-12H2. The van der Waals surface area contributed by atoms with Gasteiger partial charge in [0.1, 0.15) is 0 Å². The number of likely N-dealkylation sites (tertiary alicyclic amines) is 1. The molecule has 0 radical (unpaired) electrons. The Morgan fingerprint density at radius 1 is 1.00 bits per heavy atom. The van der Waals surface area contributed by atoms with Crippen LogP contribution in [0.5, 0.6) is 11.5 Å². The van der Waals surface area contributed by atoms with Gasteiger partial charge in [-0.3, -0.25) is 4.79 Å². The summed E-state index contributed by atoms with van der Waals surface area (Å²) in [5.41, 5.74) is 2.38. The normalized spacial score (nSPS) is 15.8. The summed E-state index contributed by atoms with van der Waals surface area (Å²) in [4.78, 5) is 14.4. The SMILES string of the molecule is O=C(c1cc(-c2ccc3c(c2)OCO3)on1)N1CC(c2ccccc2)C1. The number of rotatable bonds is 3. The smallest absolute Gasteiger partial charge is 0.276 e. The molecule has 5 rings (SSSR count). The van der Waals surface area contributed by atoms with Crippen molar-refractivity contribution < 1.29 is 18.8 Å². The highest BCUT2D eigenvalue weighted by molar-refractivity contribution is 5.93. The highest BCUT2D eigenvalue weighted by Crippen LogP contribution is 2.36. The molecular formula is C20H16N2O4. The minimum atomic E-state index is -0.104. The molecule has 0 unspecified atom stereocenters. The van der Waals surface area contributed by atoms with Gasteiger partial charge in [0.2, 0.25) is 6.79 Å². The molecule has 0 aliphatic carbocycles. The fraction of sp³-hybridized carbons (Fsp3) is 0.200. The van der Waals surface area contributed by atoms with Crippen molar-refractivity contribution in [1.82, 2.24) is 10.1 Å². The molecule has 3 aromatic rings. The number of amides is 1. The van der Waals surface area contributed by atoms with E-state index < -0.39 is 0 Å². The lowest BCUT2D eigenvalue weighted by atomic mass is 9.91. The number of ether oxygens (including phenoxy) is 2. The highest BCUT2D eigenvalue weighted by atomic mass is 16.7. The molecule has 0 N–H and O–H groups in total. The van der Waals surface area contributed by atoms with E-state index in [0.29, 0.717) is 42.0 Å². The predicted molar refractivity (Wildman–Crippen MR) is 93.1 cm³/mol. The van der Waals surface area contributed by atoms with Crippen LogP contribution in [0.25, 0.3) is 11.3 Å². The zero-order chi connectivity index (χ0) is 17.5. The molecule has 0 saturated carbocycles. The first-order valence-electron chi connectivity index (χ1n) is 8.49. The molecule has 1 saturated heterocycles. The zero-order valence-electron chi connectivity index (χ0n) is 13.9. The molecule has 0 atom stereocenters. The fourth-order valence-corrected chi connectivity index (χ4v) is 3.30. The van der Waals surface area contributed by atoms with Crippen molar-refractivity contribution >= 4 is 5.91 Å². The van der Waals surface area contributed by atoms with E-state index in [9.17, 15) is 4.79 Å². The van der Waals surface area contributed by atoms with E-state index in [1.165, 1.54) is 5.56 Å². The van der Waals surface area contributed by atoms with Gasteiger partial charge in [-0.15, -0.1) is 0 Å². The van der Waals surface area contributed by atoms with Crippen LogP contribution in [0.3, 0.4) is 0 Å². The van der Waals surface area contributed by atoms with E-state index in [-0.39, 0.29) is 12.7 Å². The first-order valence-corrected chi connectivity index (χ1v) is 8.49. The quantitative estimate of drug-likeness (QED) is 0.726. The van der Waals surface area contributed by atoms with Gasteiger partial charge in [0.25, 0.3) is 5.91 Å². The van der Waals surface area contributed by atoms with E-state index >= 15 is 0 Å². The van der Waals surface area contributed by atoms with Crippen LogP contribution in [0, 0.1) is 0 Å². The van der Waals surface area contributed by atoms with Crippen LogP contribution in [0.4, 0.5) is 0 Å². The zero-order valence-corrected chi connectivity index (χ0v) is 13.9. The maximum absolute atomic E-state index is 12.6. The van der Waals surface area contributed by atoms with Crippen molar-refractivity contribution in [3.8, 4) is 22.8 Å². The van der Waals surface area contributed by atoms with Crippen LogP contribution in [-0.4, -0.2) is 35.8 Å². The summed E-state index contributed by atoms with van der Waals surface area (Å²) in [7, 11) is 0. The minimum Gasteiger partial charge on any atom is -0.454 e. The summed E-state index contributed by atoms with van der Waals surface area (Å²) in [6.45, 7) is 1.63. The van der Waals surface area contributed by atoms with Gasteiger partial charge >= 0.3 is 0 Å². The molecule has 2 aliphatic rings. The second-order valence-corrected chi connectivity index (χ2v) is 6.46. The van der Waals surface area contributed by atoms with Gasteiger partial charge in [0.15, 0.2) is 23.0 Å². The molecule has 1 amide bonds. The van der Waals surface area contributed by atoms with Crippen LogP contribution in [0.1, 0.15) is 22.0 Å². The fourth-order valence-electron chi connectivity index (χ4n) is 3.30. The summed E-state index contributed by atoms with van der Waals surface area (Å²) < 4.78 is 16.0. The topological polar surface area (TPSA) is 64.8 Å². The number of hydrogen-bond acceptors (Lipinski definition) is 5. The second-order valence-electron chi connectivity index (χ2n) is 6.46. The van der Waals surface area contributed by atoms with E-state index in [1.807, 2.05) is 36.4 Å². The van der Waals surface area contributed by atoms with Crippen molar-refractivity contribution in [1.29, 1.82) is 0 Å². The van der Waals surface area contributed by atoms with Gasteiger partial charge in [-0.25, -0.2) is 0 Å². The molecule has 0 bridgehead atoms. The lowest BCUT2D eigenvalue weighted by Gasteiger charge is -2.39. The molecular weight excluding hydrogens is 332 g/mol. The Hall–Kier alpha value is -3.28. The molecule has 6 heteroatoms. The summed E-state index contributed by atoms with van der Waals surface area (Å²) in [6.07, 6.45) is 0. The van der Waals surface area contributed by atoms with Crippen LogP contribution in [0.15, 0.2) is 59.1 Å². The molecule has 6 nitrogen and oxygen atoms in total. The van der Waals surface area contributed by atoms with Gasteiger partial charge in [0.05, 0.1) is 0 Å². The Kier molecular flexibility index (Phi) is 3.41. The monoisotopic (exact) mass is 348 g/mol. The third-order valence-electron chi connectivity index (χ3n) is 4.83. The first-order chi connectivity index (χ1) is 12.8. The number of carbonyl (C=O) groups is 1. The number of fused-ring (bicyclic) bond motifs is 1. The van der Waals surface area contributed by atoms with E-state index in [2.05, 4.69) is 17.3 Å². The van der Waals surface area contributed by atoms with E-state index in [0.717, 1.165) is 5.56 Å².